The minimum absolute atomic E-state index is 0.349. The summed E-state index contributed by atoms with van der Waals surface area (Å²) in [6.45, 7) is 7.48. The molecule has 0 amide bonds. The maximum absolute atomic E-state index is 5.76. The zero-order chi connectivity index (χ0) is 9.56. The fourth-order valence-corrected chi connectivity index (χ4v) is 1.43. The summed E-state index contributed by atoms with van der Waals surface area (Å²) in [5.41, 5.74) is 0. The van der Waals surface area contributed by atoms with Crippen LogP contribution in [-0.2, 0) is 4.74 Å². The molecular formula is C10H23NO. The monoisotopic (exact) mass is 173 g/mol. The zero-order valence-corrected chi connectivity index (χ0v) is 9.13. The van der Waals surface area contributed by atoms with E-state index in [1.54, 1.807) is 0 Å². The summed E-state index contributed by atoms with van der Waals surface area (Å²) in [6, 6.07) is 0. The summed E-state index contributed by atoms with van der Waals surface area (Å²) in [7, 11) is 4.15. The van der Waals surface area contributed by atoms with Crippen molar-refractivity contribution >= 4 is 0 Å². The Balaban J connectivity index is 3.46. The molecule has 0 N–H and O–H groups in total. The van der Waals surface area contributed by atoms with E-state index in [9.17, 15) is 0 Å². The van der Waals surface area contributed by atoms with E-state index >= 15 is 0 Å². The Bertz CT molecular complexity index is 104. The summed E-state index contributed by atoms with van der Waals surface area (Å²) in [6.07, 6.45) is 3.12. The Morgan fingerprint density at radius 1 is 1.17 bits per heavy atom. The first-order valence-corrected chi connectivity index (χ1v) is 4.86. The van der Waals surface area contributed by atoms with Crippen molar-refractivity contribution < 1.29 is 4.74 Å². The van der Waals surface area contributed by atoms with Gasteiger partial charge in [0.15, 0.2) is 0 Å². The van der Waals surface area contributed by atoms with Gasteiger partial charge >= 0.3 is 0 Å². The van der Waals surface area contributed by atoms with E-state index in [1.165, 1.54) is 6.42 Å². The van der Waals surface area contributed by atoms with E-state index in [-0.39, 0.29) is 0 Å². The lowest BCUT2D eigenvalue weighted by Crippen LogP contribution is -2.28. The van der Waals surface area contributed by atoms with Crippen molar-refractivity contribution in [2.75, 3.05) is 20.6 Å². The van der Waals surface area contributed by atoms with Crippen LogP contribution in [0, 0.1) is 0 Å². The van der Waals surface area contributed by atoms with Gasteiger partial charge < -0.3 is 9.64 Å². The molecule has 0 spiro atoms. The van der Waals surface area contributed by atoms with Gasteiger partial charge in [0.05, 0.1) is 12.2 Å². The molecule has 0 aromatic heterocycles. The third kappa shape index (κ3) is 6.62. The van der Waals surface area contributed by atoms with Gasteiger partial charge in [0, 0.05) is 6.54 Å². The molecule has 0 saturated heterocycles. The Kier molecular flexibility index (Phi) is 6.39. The van der Waals surface area contributed by atoms with Crippen molar-refractivity contribution in [3.63, 3.8) is 0 Å². The summed E-state index contributed by atoms with van der Waals surface area (Å²) in [4.78, 5) is 2.16. The topological polar surface area (TPSA) is 12.5 Å². The van der Waals surface area contributed by atoms with Crippen LogP contribution in [-0.4, -0.2) is 37.7 Å². The van der Waals surface area contributed by atoms with Crippen molar-refractivity contribution in [3.8, 4) is 0 Å². The minimum atomic E-state index is 0.349. The normalized spacial score (nSPS) is 16.5. The molecule has 0 saturated carbocycles. The standard InChI is InChI=1S/C10H23NO/c1-6-7-9(2)12-10(3)8-11(4)5/h9-10H,6-8H2,1-5H3. The van der Waals surface area contributed by atoms with Crippen molar-refractivity contribution in [3.05, 3.63) is 0 Å². The van der Waals surface area contributed by atoms with Crippen molar-refractivity contribution in [2.45, 2.75) is 45.8 Å². The third-order valence-corrected chi connectivity index (χ3v) is 1.78. The molecule has 0 rings (SSSR count). The molecule has 0 aromatic rings. The van der Waals surface area contributed by atoms with Gasteiger partial charge in [0.25, 0.3) is 0 Å². The number of hydrogen-bond donors (Lipinski definition) is 0. The summed E-state index contributed by atoms with van der Waals surface area (Å²) < 4.78 is 5.76. The number of hydrogen-bond acceptors (Lipinski definition) is 2. The highest BCUT2D eigenvalue weighted by Gasteiger charge is 2.07. The summed E-state index contributed by atoms with van der Waals surface area (Å²) >= 11 is 0. The lowest BCUT2D eigenvalue weighted by molar-refractivity contribution is -0.00749. The molecule has 2 unspecified atom stereocenters. The van der Waals surface area contributed by atoms with E-state index in [2.05, 4.69) is 39.8 Å². The quantitative estimate of drug-likeness (QED) is 0.610. The molecule has 0 aliphatic heterocycles. The van der Waals surface area contributed by atoms with Gasteiger partial charge in [0.1, 0.15) is 0 Å². The molecule has 2 atom stereocenters. The maximum Gasteiger partial charge on any atom is 0.0677 e. The minimum Gasteiger partial charge on any atom is -0.374 e. The van der Waals surface area contributed by atoms with Crippen LogP contribution in [0.2, 0.25) is 0 Å². The highest BCUT2D eigenvalue weighted by atomic mass is 16.5. The molecule has 0 fully saturated rings. The van der Waals surface area contributed by atoms with E-state index < -0.39 is 0 Å². The van der Waals surface area contributed by atoms with E-state index in [1.807, 2.05) is 0 Å². The first-order valence-electron chi connectivity index (χ1n) is 4.86. The zero-order valence-electron chi connectivity index (χ0n) is 9.13. The van der Waals surface area contributed by atoms with Crippen LogP contribution in [0.1, 0.15) is 33.6 Å². The van der Waals surface area contributed by atoms with Crippen LogP contribution in [0.5, 0.6) is 0 Å². The van der Waals surface area contributed by atoms with Gasteiger partial charge in [-0.2, -0.15) is 0 Å². The SMILES string of the molecule is CCCC(C)OC(C)CN(C)C. The molecule has 0 bridgehead atoms. The smallest absolute Gasteiger partial charge is 0.0677 e. The molecule has 0 aromatic carbocycles. The van der Waals surface area contributed by atoms with Gasteiger partial charge in [-0.15, -0.1) is 0 Å². The van der Waals surface area contributed by atoms with Gasteiger partial charge in [0.2, 0.25) is 0 Å². The number of likely N-dealkylation sites (N-methyl/N-ethyl adjacent to an activating group) is 1. The van der Waals surface area contributed by atoms with Crippen LogP contribution in [0.4, 0.5) is 0 Å². The summed E-state index contributed by atoms with van der Waals surface area (Å²) in [5.74, 6) is 0. The van der Waals surface area contributed by atoms with E-state index in [4.69, 9.17) is 4.74 Å². The third-order valence-electron chi connectivity index (χ3n) is 1.78. The van der Waals surface area contributed by atoms with E-state index in [0.29, 0.717) is 12.2 Å². The van der Waals surface area contributed by atoms with Crippen LogP contribution < -0.4 is 0 Å². The summed E-state index contributed by atoms with van der Waals surface area (Å²) in [5, 5.41) is 0. The van der Waals surface area contributed by atoms with Crippen LogP contribution in [0.3, 0.4) is 0 Å². The predicted octanol–water partition coefficient (Wildman–Crippen LogP) is 2.14. The first-order chi connectivity index (χ1) is 5.56. The van der Waals surface area contributed by atoms with Gasteiger partial charge in [-0.3, -0.25) is 0 Å². The lowest BCUT2D eigenvalue weighted by Gasteiger charge is -2.21. The van der Waals surface area contributed by atoms with Crippen LogP contribution in [0.15, 0.2) is 0 Å². The average molecular weight is 173 g/mol. The second kappa shape index (κ2) is 6.44. The molecule has 74 valence electrons. The second-order valence-corrected chi connectivity index (χ2v) is 3.81. The van der Waals surface area contributed by atoms with Gasteiger partial charge in [-0.1, -0.05) is 13.3 Å². The second-order valence-electron chi connectivity index (χ2n) is 3.81. The molecular weight excluding hydrogens is 150 g/mol. The largest absolute Gasteiger partial charge is 0.374 e. The van der Waals surface area contributed by atoms with Crippen LogP contribution in [0.25, 0.3) is 0 Å². The van der Waals surface area contributed by atoms with Crippen molar-refractivity contribution in [1.82, 2.24) is 4.90 Å². The van der Waals surface area contributed by atoms with Gasteiger partial charge in [-0.05, 0) is 34.4 Å². The fraction of sp³-hybridized carbons (Fsp3) is 1.00. The maximum atomic E-state index is 5.76. The molecule has 2 heteroatoms. The Labute approximate surface area is 76.9 Å². The lowest BCUT2D eigenvalue weighted by atomic mass is 10.2. The number of nitrogens with zero attached hydrogens (tertiary/aromatic N) is 1. The molecule has 0 aliphatic carbocycles. The Morgan fingerprint density at radius 3 is 2.17 bits per heavy atom. The highest BCUT2D eigenvalue weighted by molar-refractivity contribution is 4.57. The van der Waals surface area contributed by atoms with Crippen LogP contribution >= 0.6 is 0 Å². The molecule has 0 radical (unpaired) electrons. The van der Waals surface area contributed by atoms with Crippen molar-refractivity contribution in [1.29, 1.82) is 0 Å². The number of rotatable bonds is 6. The van der Waals surface area contributed by atoms with Crippen molar-refractivity contribution in [2.24, 2.45) is 0 Å². The average Bonchev–Trinajstić information content (AvgIpc) is 1.84. The molecule has 12 heavy (non-hydrogen) atoms. The fourth-order valence-electron chi connectivity index (χ4n) is 1.43. The van der Waals surface area contributed by atoms with E-state index in [0.717, 1.165) is 13.0 Å². The first kappa shape index (κ1) is 11.9. The molecule has 0 heterocycles. The highest BCUT2D eigenvalue weighted by Crippen LogP contribution is 2.04. The Morgan fingerprint density at radius 2 is 1.75 bits per heavy atom. The molecule has 0 aliphatic rings. The Hall–Kier alpha value is -0.0800. The van der Waals surface area contributed by atoms with Gasteiger partial charge in [-0.25, -0.2) is 0 Å². The molecule has 2 nitrogen and oxygen atoms in total. The number of ether oxygens (including phenoxy) is 1. The predicted molar refractivity (Wildman–Crippen MR) is 53.5 cm³/mol.